The Morgan fingerprint density at radius 3 is 2.19 bits per heavy atom. The molecule has 4 rings (SSSR count). The van der Waals surface area contributed by atoms with E-state index in [0.29, 0.717) is 16.3 Å². The van der Waals surface area contributed by atoms with Crippen LogP contribution in [0.5, 0.6) is 0 Å². The summed E-state index contributed by atoms with van der Waals surface area (Å²) in [5.41, 5.74) is 1.19. The van der Waals surface area contributed by atoms with Gasteiger partial charge in [-0.3, -0.25) is 19.0 Å². The van der Waals surface area contributed by atoms with Gasteiger partial charge in [0.1, 0.15) is 0 Å². The molecule has 1 radical (unpaired) electrons. The summed E-state index contributed by atoms with van der Waals surface area (Å²) in [5.74, 6) is -1.02. The van der Waals surface area contributed by atoms with Crippen LogP contribution in [-0.4, -0.2) is 81.1 Å². The largest absolute Gasteiger partial charge is 0.294 e. The third-order valence-electron chi connectivity index (χ3n) is 4.38. The van der Waals surface area contributed by atoms with Crippen LogP contribution in [0.2, 0.25) is 0 Å². The van der Waals surface area contributed by atoms with Gasteiger partial charge in [-0.05, 0) is 29.1 Å². The number of hydrogen-bond acceptors (Lipinski definition) is 4. The first-order valence-electron chi connectivity index (χ1n) is 7.80. The predicted molar refractivity (Wildman–Crippen MR) is 100 cm³/mol. The van der Waals surface area contributed by atoms with E-state index in [0.717, 1.165) is 16.5 Å². The van der Waals surface area contributed by atoms with Gasteiger partial charge in [0.25, 0.3) is 21.9 Å². The average molecular weight is 406 g/mol. The minimum atomic E-state index is -4.48. The van der Waals surface area contributed by atoms with Crippen molar-refractivity contribution in [3.8, 4) is 0 Å². The number of amides is 2. The first-order chi connectivity index (χ1) is 12.4. The number of carbonyl (C=O) groups excluding carboxylic acids is 2. The maximum absolute atomic E-state index is 12.9. The minimum Gasteiger partial charge on any atom is -0.282 e. The molecule has 6 nitrogen and oxygen atoms in total. The molecule has 0 aromatic heterocycles. The van der Waals surface area contributed by atoms with Gasteiger partial charge in [0, 0.05) is 62.3 Å². The Hall–Kier alpha value is -1.39. The molecule has 2 amide bonds. The summed E-state index contributed by atoms with van der Waals surface area (Å²) in [6, 6.07) is 16.2. The van der Waals surface area contributed by atoms with Gasteiger partial charge in [-0.15, -0.1) is 0 Å². The van der Waals surface area contributed by atoms with Crippen LogP contribution >= 0.6 is 0 Å². The standard InChI is InChI=1S/C19H13NO5S.K/c21-18-15-8-4-7-13-9-14(26(23,24)25)10-16(17(13)15)19(22)20(18)11-12-5-2-1-3-6-12;/h1-10H,11H2,(H,23,24,25);. The second-order valence-electron chi connectivity index (χ2n) is 6.03. The molecule has 27 heavy (non-hydrogen) atoms. The summed E-state index contributed by atoms with van der Waals surface area (Å²) in [6.07, 6.45) is 0. The molecule has 0 atom stereocenters. The summed E-state index contributed by atoms with van der Waals surface area (Å²) >= 11 is 0. The Morgan fingerprint density at radius 1 is 0.852 bits per heavy atom. The molecule has 1 aliphatic heterocycles. The van der Waals surface area contributed by atoms with Crippen molar-refractivity contribution in [2.75, 3.05) is 0 Å². The number of rotatable bonds is 3. The molecule has 3 aromatic rings. The minimum absolute atomic E-state index is 0. The summed E-state index contributed by atoms with van der Waals surface area (Å²) in [7, 11) is -4.48. The van der Waals surface area contributed by atoms with Gasteiger partial charge in [0.15, 0.2) is 0 Å². The number of carbonyl (C=O) groups is 2. The van der Waals surface area contributed by atoms with Crippen molar-refractivity contribution in [1.29, 1.82) is 0 Å². The van der Waals surface area contributed by atoms with Crippen molar-refractivity contribution in [3.63, 3.8) is 0 Å². The fourth-order valence-corrected chi connectivity index (χ4v) is 3.73. The number of hydrogen-bond donors (Lipinski definition) is 1. The van der Waals surface area contributed by atoms with Crippen molar-refractivity contribution in [2.24, 2.45) is 0 Å². The van der Waals surface area contributed by atoms with E-state index >= 15 is 0 Å². The van der Waals surface area contributed by atoms with Gasteiger partial charge in [-0.2, -0.15) is 8.42 Å². The molecule has 3 aromatic carbocycles. The van der Waals surface area contributed by atoms with Crippen LogP contribution in [0.15, 0.2) is 65.6 Å². The van der Waals surface area contributed by atoms with Gasteiger partial charge < -0.3 is 0 Å². The fraction of sp³-hybridized carbons (Fsp3) is 0.0526. The molecule has 0 saturated heterocycles. The second kappa shape index (κ2) is 7.55. The van der Waals surface area contributed by atoms with Crippen LogP contribution in [0.3, 0.4) is 0 Å². The molecule has 1 aliphatic rings. The Balaban J connectivity index is 0.00000210. The van der Waals surface area contributed by atoms with Crippen molar-refractivity contribution in [1.82, 2.24) is 4.90 Å². The van der Waals surface area contributed by atoms with Crippen LogP contribution in [-0.2, 0) is 16.7 Å². The zero-order valence-corrected chi connectivity index (χ0v) is 18.4. The zero-order chi connectivity index (χ0) is 18.5. The molecule has 0 saturated carbocycles. The molecule has 1 heterocycles. The molecule has 1 N–H and O–H groups in total. The quantitative estimate of drug-likeness (QED) is 0.410. The molecule has 0 bridgehead atoms. The van der Waals surface area contributed by atoms with E-state index in [1.165, 1.54) is 6.07 Å². The SMILES string of the molecule is O=C1c2cccc3cc(S(=O)(=O)O)cc(c23)C(=O)N1Cc1ccccc1.[K]. The van der Waals surface area contributed by atoms with E-state index in [1.54, 1.807) is 42.5 Å². The Kier molecular flexibility index (Phi) is 5.69. The predicted octanol–water partition coefficient (Wildman–Crippen LogP) is 2.50. The van der Waals surface area contributed by atoms with Crippen LogP contribution in [0, 0.1) is 0 Å². The van der Waals surface area contributed by atoms with Crippen LogP contribution in [0.4, 0.5) is 0 Å². The van der Waals surface area contributed by atoms with Crippen molar-refractivity contribution in [3.05, 3.63) is 77.4 Å². The Morgan fingerprint density at radius 2 is 1.52 bits per heavy atom. The maximum Gasteiger partial charge on any atom is 0.294 e. The monoisotopic (exact) mass is 406 g/mol. The van der Waals surface area contributed by atoms with E-state index in [4.69, 9.17) is 0 Å². The number of nitrogens with zero attached hydrogens (tertiary/aromatic N) is 1. The molecular formula is C19H13KNO5S. The van der Waals surface area contributed by atoms with Crippen LogP contribution < -0.4 is 0 Å². The molecule has 0 spiro atoms. The molecule has 8 heteroatoms. The van der Waals surface area contributed by atoms with E-state index < -0.39 is 21.9 Å². The first-order valence-corrected chi connectivity index (χ1v) is 9.24. The molecule has 0 fully saturated rings. The van der Waals surface area contributed by atoms with Crippen molar-refractivity contribution >= 4 is 84.1 Å². The molecular weight excluding hydrogens is 393 g/mol. The topological polar surface area (TPSA) is 91.7 Å². The van der Waals surface area contributed by atoms with E-state index in [2.05, 4.69) is 0 Å². The molecule has 0 unspecified atom stereocenters. The van der Waals surface area contributed by atoms with Gasteiger partial charge >= 0.3 is 0 Å². The summed E-state index contributed by atoms with van der Waals surface area (Å²) < 4.78 is 32.5. The smallest absolute Gasteiger partial charge is 0.282 e. The zero-order valence-electron chi connectivity index (χ0n) is 14.4. The van der Waals surface area contributed by atoms with E-state index in [-0.39, 0.29) is 68.4 Å². The summed E-state index contributed by atoms with van der Waals surface area (Å²) in [5, 5.41) is 0.813. The maximum atomic E-state index is 12.9. The van der Waals surface area contributed by atoms with Crippen molar-refractivity contribution < 1.29 is 22.6 Å². The summed E-state index contributed by atoms with van der Waals surface area (Å²) in [6.45, 7) is 0.0738. The van der Waals surface area contributed by atoms with Crippen LogP contribution in [0.1, 0.15) is 26.3 Å². The molecule has 131 valence electrons. The Bertz CT molecular complexity index is 1180. The van der Waals surface area contributed by atoms with Crippen LogP contribution in [0.25, 0.3) is 10.8 Å². The Labute approximate surface area is 198 Å². The summed E-state index contributed by atoms with van der Waals surface area (Å²) in [4.78, 5) is 26.5. The van der Waals surface area contributed by atoms with Gasteiger partial charge in [-0.25, -0.2) is 0 Å². The average Bonchev–Trinajstić information content (AvgIpc) is 2.62. The fourth-order valence-electron chi connectivity index (χ4n) is 3.19. The second-order valence-corrected chi connectivity index (χ2v) is 7.45. The van der Waals surface area contributed by atoms with E-state index in [9.17, 15) is 22.6 Å². The molecule has 0 aliphatic carbocycles. The van der Waals surface area contributed by atoms with Gasteiger partial charge in [0.2, 0.25) is 0 Å². The van der Waals surface area contributed by atoms with Crippen molar-refractivity contribution in [2.45, 2.75) is 11.4 Å². The van der Waals surface area contributed by atoms with Gasteiger partial charge in [-0.1, -0.05) is 42.5 Å². The third-order valence-corrected chi connectivity index (χ3v) is 5.21. The van der Waals surface area contributed by atoms with Gasteiger partial charge in [0.05, 0.1) is 17.0 Å². The number of benzene rings is 3. The normalized spacial score (nSPS) is 13.6. The number of imide groups is 1. The first kappa shape index (κ1) is 20.3. The van der Waals surface area contributed by atoms with E-state index in [1.807, 2.05) is 6.07 Å². The third kappa shape index (κ3) is 3.66.